The van der Waals surface area contributed by atoms with E-state index in [4.69, 9.17) is 0 Å². The Kier molecular flexibility index (Phi) is 3.99. The number of rotatable bonds is 4. The molecule has 0 saturated carbocycles. The van der Waals surface area contributed by atoms with Crippen molar-refractivity contribution in [3.05, 3.63) is 74.8 Å². The van der Waals surface area contributed by atoms with Crippen LogP contribution >= 0.6 is 0 Å². The molecule has 122 valence electrons. The molecule has 0 amide bonds. The molecular weight excluding hydrogens is 313 g/mol. The van der Waals surface area contributed by atoms with Gasteiger partial charge in [0.2, 0.25) is 0 Å². The van der Waals surface area contributed by atoms with E-state index < -0.39 is 22.0 Å². The zero-order valence-electron chi connectivity index (χ0n) is 12.8. The fraction of sp³-hybridized carbons (Fsp3) is 0.118. The third kappa shape index (κ3) is 2.60. The number of nitrogens with one attached hydrogen (secondary N) is 1. The molecule has 0 aliphatic carbocycles. The highest BCUT2D eigenvalue weighted by Crippen LogP contribution is 2.32. The van der Waals surface area contributed by atoms with E-state index >= 15 is 0 Å². The van der Waals surface area contributed by atoms with Crippen molar-refractivity contribution in [1.82, 2.24) is 4.57 Å². The van der Waals surface area contributed by atoms with Gasteiger partial charge in [0.05, 0.1) is 10.4 Å². The number of halogens is 1. The van der Waals surface area contributed by atoms with E-state index in [-0.39, 0.29) is 5.69 Å². The molecule has 2 aromatic carbocycles. The zero-order chi connectivity index (χ0) is 17.3. The summed E-state index contributed by atoms with van der Waals surface area (Å²) in [6.45, 7) is 2.07. The van der Waals surface area contributed by atoms with Crippen LogP contribution in [0.4, 0.5) is 21.5 Å². The van der Waals surface area contributed by atoms with Gasteiger partial charge in [0.25, 0.3) is 0 Å². The molecule has 0 saturated heterocycles. The molecule has 0 aliphatic heterocycles. The lowest BCUT2D eigenvalue weighted by Crippen LogP contribution is -2.23. The van der Waals surface area contributed by atoms with Gasteiger partial charge in [-0.3, -0.25) is 14.9 Å². The van der Waals surface area contributed by atoms with Crippen LogP contribution in [0.3, 0.4) is 0 Å². The second kappa shape index (κ2) is 6.11. The second-order valence-corrected chi connectivity index (χ2v) is 5.18. The van der Waals surface area contributed by atoms with E-state index in [2.05, 4.69) is 5.32 Å². The number of aryl methyl sites for hydroxylation is 1. The Morgan fingerprint density at radius 2 is 1.83 bits per heavy atom. The van der Waals surface area contributed by atoms with Crippen LogP contribution in [0.1, 0.15) is 6.92 Å². The molecule has 6 nitrogen and oxygen atoms in total. The van der Waals surface area contributed by atoms with Crippen molar-refractivity contribution in [3.8, 4) is 0 Å². The minimum Gasteiger partial charge on any atom is -0.349 e. The number of benzene rings is 2. The Labute approximate surface area is 136 Å². The number of nitrogens with zero attached hydrogens (tertiary/aromatic N) is 2. The van der Waals surface area contributed by atoms with E-state index in [0.29, 0.717) is 23.1 Å². The topological polar surface area (TPSA) is 77.2 Å². The number of hydrogen-bond acceptors (Lipinski definition) is 4. The van der Waals surface area contributed by atoms with E-state index in [0.717, 1.165) is 0 Å². The van der Waals surface area contributed by atoms with Crippen LogP contribution in [0.5, 0.6) is 0 Å². The summed E-state index contributed by atoms with van der Waals surface area (Å²) in [6, 6.07) is 12.3. The maximum Gasteiger partial charge on any atom is 0.357 e. The Morgan fingerprint density at radius 3 is 2.46 bits per heavy atom. The van der Waals surface area contributed by atoms with Gasteiger partial charge in [-0.05, 0) is 37.3 Å². The van der Waals surface area contributed by atoms with E-state index in [1.54, 1.807) is 31.2 Å². The van der Waals surface area contributed by atoms with Gasteiger partial charge in [-0.1, -0.05) is 18.2 Å². The third-order valence-corrected chi connectivity index (χ3v) is 3.76. The van der Waals surface area contributed by atoms with Gasteiger partial charge in [-0.2, -0.15) is 0 Å². The van der Waals surface area contributed by atoms with Gasteiger partial charge < -0.3 is 9.88 Å². The lowest BCUT2D eigenvalue weighted by atomic mass is 10.1. The fourth-order valence-electron chi connectivity index (χ4n) is 2.68. The number of nitro groups is 1. The number of para-hydroxylation sites is 1. The van der Waals surface area contributed by atoms with Crippen LogP contribution < -0.4 is 10.9 Å². The van der Waals surface area contributed by atoms with E-state index in [1.165, 1.54) is 28.8 Å². The van der Waals surface area contributed by atoms with Crippen molar-refractivity contribution < 1.29 is 9.31 Å². The van der Waals surface area contributed by atoms with Crippen LogP contribution in [0.2, 0.25) is 0 Å². The summed E-state index contributed by atoms with van der Waals surface area (Å²) in [6.07, 6.45) is 0. The number of anilines is 2. The molecule has 7 heteroatoms. The van der Waals surface area contributed by atoms with Gasteiger partial charge in [-0.25, -0.2) is 4.39 Å². The molecule has 0 spiro atoms. The van der Waals surface area contributed by atoms with Crippen molar-refractivity contribution >= 4 is 28.0 Å². The second-order valence-electron chi connectivity index (χ2n) is 5.18. The van der Waals surface area contributed by atoms with Crippen molar-refractivity contribution in [2.45, 2.75) is 13.5 Å². The smallest absolute Gasteiger partial charge is 0.349 e. The number of hydrogen-bond donors (Lipinski definition) is 1. The molecule has 1 N–H and O–H groups in total. The van der Waals surface area contributed by atoms with Crippen molar-refractivity contribution in [2.75, 3.05) is 5.32 Å². The standard InChI is InChI=1S/C17H14FN3O3/c1-2-20-14-6-4-3-5-13(14)15(16(17(20)22)21(23)24)19-12-9-7-11(18)8-10-12/h3-10,19H,2H2,1H3. The Hall–Kier alpha value is -3.22. The van der Waals surface area contributed by atoms with Crippen molar-refractivity contribution in [2.24, 2.45) is 0 Å². The summed E-state index contributed by atoms with van der Waals surface area (Å²) in [5.41, 5.74) is -0.0406. The largest absolute Gasteiger partial charge is 0.357 e. The SMILES string of the molecule is CCn1c(=O)c([N+](=O)[O-])c(Nc2ccc(F)cc2)c2ccccc21. The quantitative estimate of drug-likeness (QED) is 0.584. The highest BCUT2D eigenvalue weighted by atomic mass is 19.1. The first-order chi connectivity index (χ1) is 11.5. The summed E-state index contributed by atoms with van der Waals surface area (Å²) in [5.74, 6) is -0.415. The average molecular weight is 327 g/mol. The van der Waals surface area contributed by atoms with Gasteiger partial charge >= 0.3 is 11.2 Å². The Balaban J connectivity index is 2.32. The predicted molar refractivity (Wildman–Crippen MR) is 90.2 cm³/mol. The van der Waals surface area contributed by atoms with Gasteiger partial charge in [0.15, 0.2) is 0 Å². The highest BCUT2D eigenvalue weighted by molar-refractivity contribution is 5.97. The van der Waals surface area contributed by atoms with E-state index in [9.17, 15) is 19.3 Å². The lowest BCUT2D eigenvalue weighted by molar-refractivity contribution is -0.385. The summed E-state index contributed by atoms with van der Waals surface area (Å²) in [7, 11) is 0. The van der Waals surface area contributed by atoms with Crippen molar-refractivity contribution in [3.63, 3.8) is 0 Å². The molecule has 1 heterocycles. The minimum atomic E-state index is -0.688. The molecule has 0 radical (unpaired) electrons. The molecule has 1 aromatic heterocycles. The summed E-state index contributed by atoms with van der Waals surface area (Å²) >= 11 is 0. The molecule has 0 bridgehead atoms. The maximum absolute atomic E-state index is 13.1. The first kappa shape index (κ1) is 15.7. The van der Waals surface area contributed by atoms with E-state index in [1.807, 2.05) is 0 Å². The first-order valence-electron chi connectivity index (χ1n) is 7.35. The molecule has 24 heavy (non-hydrogen) atoms. The maximum atomic E-state index is 13.1. The van der Waals surface area contributed by atoms with Gasteiger partial charge in [0.1, 0.15) is 11.5 Å². The molecule has 3 rings (SSSR count). The highest BCUT2D eigenvalue weighted by Gasteiger charge is 2.25. The first-order valence-corrected chi connectivity index (χ1v) is 7.35. The summed E-state index contributed by atoms with van der Waals surface area (Å²) in [5, 5.41) is 14.9. The number of aromatic nitrogens is 1. The number of pyridine rings is 1. The minimum absolute atomic E-state index is 0.108. The van der Waals surface area contributed by atoms with Crippen LogP contribution in [0, 0.1) is 15.9 Å². The Bertz CT molecular complexity index is 981. The fourth-order valence-corrected chi connectivity index (χ4v) is 2.68. The third-order valence-electron chi connectivity index (χ3n) is 3.76. The average Bonchev–Trinajstić information content (AvgIpc) is 2.57. The Morgan fingerprint density at radius 1 is 1.17 bits per heavy atom. The monoisotopic (exact) mass is 327 g/mol. The molecule has 0 unspecified atom stereocenters. The van der Waals surface area contributed by atoms with Gasteiger partial charge in [0, 0.05) is 17.6 Å². The summed E-state index contributed by atoms with van der Waals surface area (Å²) in [4.78, 5) is 23.3. The molecular formula is C17H14FN3O3. The van der Waals surface area contributed by atoms with Crippen LogP contribution in [0.15, 0.2) is 53.3 Å². The van der Waals surface area contributed by atoms with Crippen LogP contribution in [0.25, 0.3) is 10.9 Å². The zero-order valence-corrected chi connectivity index (χ0v) is 12.8. The summed E-state index contributed by atoms with van der Waals surface area (Å²) < 4.78 is 14.4. The molecule has 0 aliphatic rings. The normalized spacial score (nSPS) is 10.8. The molecule has 0 fully saturated rings. The molecule has 0 atom stereocenters. The van der Waals surface area contributed by atoms with Gasteiger partial charge in [-0.15, -0.1) is 0 Å². The van der Waals surface area contributed by atoms with Crippen LogP contribution in [-0.4, -0.2) is 9.49 Å². The van der Waals surface area contributed by atoms with Crippen LogP contribution in [-0.2, 0) is 6.54 Å². The number of fused-ring (bicyclic) bond motifs is 1. The predicted octanol–water partition coefficient (Wildman–Crippen LogP) is 3.81. The lowest BCUT2D eigenvalue weighted by Gasteiger charge is -2.14. The molecule has 3 aromatic rings. The van der Waals surface area contributed by atoms with Crippen molar-refractivity contribution in [1.29, 1.82) is 0 Å².